The number of aromatic carboxylic acids is 1. The zero-order valence-electron chi connectivity index (χ0n) is 8.55. The minimum atomic E-state index is -1.10. The first-order valence-electron chi connectivity index (χ1n) is 4.69. The van der Waals surface area contributed by atoms with Gasteiger partial charge in [0, 0.05) is 12.3 Å². The molecule has 0 aromatic carbocycles. The number of pyridine rings is 1. The number of hydrogen-bond acceptors (Lipinski definition) is 5. The van der Waals surface area contributed by atoms with E-state index in [4.69, 9.17) is 21.2 Å². The van der Waals surface area contributed by atoms with Gasteiger partial charge in [0.2, 0.25) is 0 Å². The highest BCUT2D eigenvalue weighted by molar-refractivity contribution is 6.35. The first-order valence-corrected chi connectivity index (χ1v) is 5.07. The molecule has 0 amide bonds. The Kier molecular flexibility index (Phi) is 3.24. The summed E-state index contributed by atoms with van der Waals surface area (Å²) in [4.78, 5) is 14.8. The van der Waals surface area contributed by atoms with E-state index in [1.165, 1.54) is 18.5 Å². The lowest BCUT2D eigenvalue weighted by Crippen LogP contribution is -2.05. The molecule has 0 spiro atoms. The molecular formula is C10H8ClN3O3. The Labute approximate surface area is 101 Å². The standard InChI is InChI=1S/C10H8ClN3O3/c11-8-7(10(15)16)2-3-12-9(8)13-5-6-1-4-14-17-6/h1-4H,5H2,(H,12,13)(H,15,16). The fourth-order valence-electron chi connectivity index (χ4n) is 1.24. The molecule has 0 bridgehead atoms. The van der Waals surface area contributed by atoms with E-state index in [1.54, 1.807) is 6.07 Å². The average Bonchev–Trinajstić information content (AvgIpc) is 2.80. The quantitative estimate of drug-likeness (QED) is 0.867. The van der Waals surface area contributed by atoms with E-state index in [-0.39, 0.29) is 10.6 Å². The zero-order valence-corrected chi connectivity index (χ0v) is 9.31. The van der Waals surface area contributed by atoms with Crippen molar-refractivity contribution in [1.82, 2.24) is 10.1 Å². The summed E-state index contributed by atoms with van der Waals surface area (Å²) < 4.78 is 4.87. The lowest BCUT2D eigenvalue weighted by Gasteiger charge is -2.06. The Morgan fingerprint density at radius 3 is 2.94 bits per heavy atom. The minimum absolute atomic E-state index is 0.00161. The molecule has 0 aliphatic carbocycles. The molecule has 6 nitrogen and oxygen atoms in total. The van der Waals surface area contributed by atoms with Crippen LogP contribution in [0.1, 0.15) is 16.1 Å². The van der Waals surface area contributed by atoms with E-state index in [0.29, 0.717) is 18.1 Å². The van der Waals surface area contributed by atoms with Crippen LogP contribution in [0, 0.1) is 0 Å². The van der Waals surface area contributed by atoms with Gasteiger partial charge in [-0.3, -0.25) is 0 Å². The first-order chi connectivity index (χ1) is 8.18. The van der Waals surface area contributed by atoms with Crippen LogP contribution < -0.4 is 5.32 Å². The number of rotatable bonds is 4. The maximum absolute atomic E-state index is 10.8. The van der Waals surface area contributed by atoms with Crippen LogP contribution >= 0.6 is 11.6 Å². The van der Waals surface area contributed by atoms with Crippen LogP contribution in [0.2, 0.25) is 5.02 Å². The van der Waals surface area contributed by atoms with Gasteiger partial charge in [-0.1, -0.05) is 16.8 Å². The summed E-state index contributed by atoms with van der Waals surface area (Å²) in [6, 6.07) is 3.02. The van der Waals surface area contributed by atoms with E-state index in [9.17, 15) is 4.79 Å². The average molecular weight is 254 g/mol. The van der Waals surface area contributed by atoms with Crippen LogP contribution in [0.5, 0.6) is 0 Å². The Bertz CT molecular complexity index is 528. The van der Waals surface area contributed by atoms with Crippen molar-refractivity contribution in [2.75, 3.05) is 5.32 Å². The van der Waals surface area contributed by atoms with Crippen molar-refractivity contribution < 1.29 is 14.4 Å². The van der Waals surface area contributed by atoms with Crippen molar-refractivity contribution in [3.8, 4) is 0 Å². The van der Waals surface area contributed by atoms with Gasteiger partial charge in [0.15, 0.2) is 5.76 Å². The third-order valence-electron chi connectivity index (χ3n) is 2.04. The molecule has 17 heavy (non-hydrogen) atoms. The fraction of sp³-hybridized carbons (Fsp3) is 0.100. The Morgan fingerprint density at radius 2 is 2.29 bits per heavy atom. The van der Waals surface area contributed by atoms with Gasteiger partial charge in [-0.15, -0.1) is 0 Å². The molecule has 7 heteroatoms. The molecular weight excluding hydrogens is 246 g/mol. The number of nitrogens with one attached hydrogen (secondary N) is 1. The highest BCUT2D eigenvalue weighted by Gasteiger charge is 2.13. The second-order valence-corrected chi connectivity index (χ2v) is 3.54. The van der Waals surface area contributed by atoms with E-state index in [0.717, 1.165) is 0 Å². The number of nitrogens with zero attached hydrogens (tertiary/aromatic N) is 2. The summed E-state index contributed by atoms with van der Waals surface area (Å²) >= 11 is 5.89. The van der Waals surface area contributed by atoms with Gasteiger partial charge in [-0.25, -0.2) is 9.78 Å². The van der Waals surface area contributed by atoms with Crippen LogP contribution in [0.25, 0.3) is 0 Å². The van der Waals surface area contributed by atoms with Crippen molar-refractivity contribution in [2.24, 2.45) is 0 Å². The van der Waals surface area contributed by atoms with Crippen LogP contribution in [-0.4, -0.2) is 21.2 Å². The van der Waals surface area contributed by atoms with E-state index in [1.807, 2.05) is 0 Å². The number of carboxylic acids is 1. The maximum atomic E-state index is 10.8. The monoisotopic (exact) mass is 253 g/mol. The molecule has 0 unspecified atom stereocenters. The van der Waals surface area contributed by atoms with Gasteiger partial charge >= 0.3 is 5.97 Å². The third-order valence-corrected chi connectivity index (χ3v) is 2.42. The Hall–Kier alpha value is -2.08. The number of carboxylic acid groups (broad SMARTS) is 1. The van der Waals surface area contributed by atoms with Crippen molar-refractivity contribution in [3.63, 3.8) is 0 Å². The van der Waals surface area contributed by atoms with E-state index < -0.39 is 5.97 Å². The SMILES string of the molecule is O=C(O)c1ccnc(NCc2ccno2)c1Cl. The normalized spacial score (nSPS) is 10.2. The van der Waals surface area contributed by atoms with Crippen molar-refractivity contribution in [3.05, 3.63) is 40.9 Å². The smallest absolute Gasteiger partial charge is 0.337 e. The van der Waals surface area contributed by atoms with E-state index in [2.05, 4.69) is 15.5 Å². The molecule has 0 saturated carbocycles. The molecule has 2 aromatic rings. The van der Waals surface area contributed by atoms with Crippen LogP contribution in [-0.2, 0) is 6.54 Å². The molecule has 0 atom stereocenters. The topological polar surface area (TPSA) is 88.2 Å². The summed E-state index contributed by atoms with van der Waals surface area (Å²) in [5, 5.41) is 15.4. The number of halogens is 1. The molecule has 88 valence electrons. The molecule has 2 rings (SSSR count). The molecule has 2 heterocycles. The lowest BCUT2D eigenvalue weighted by atomic mass is 10.2. The van der Waals surface area contributed by atoms with Crippen LogP contribution in [0.15, 0.2) is 29.0 Å². The van der Waals surface area contributed by atoms with Gasteiger partial charge in [0.25, 0.3) is 0 Å². The van der Waals surface area contributed by atoms with E-state index >= 15 is 0 Å². The first kappa shape index (κ1) is 11.4. The fourth-order valence-corrected chi connectivity index (χ4v) is 1.50. The largest absolute Gasteiger partial charge is 0.478 e. The number of hydrogen-bond donors (Lipinski definition) is 2. The van der Waals surface area contributed by atoms with Gasteiger partial charge in [0.05, 0.1) is 23.3 Å². The number of anilines is 1. The van der Waals surface area contributed by atoms with Crippen molar-refractivity contribution in [2.45, 2.75) is 6.54 Å². The van der Waals surface area contributed by atoms with Crippen LogP contribution in [0.4, 0.5) is 5.82 Å². The second-order valence-electron chi connectivity index (χ2n) is 3.16. The molecule has 0 radical (unpaired) electrons. The maximum Gasteiger partial charge on any atom is 0.337 e. The Morgan fingerprint density at radius 1 is 1.47 bits per heavy atom. The summed E-state index contributed by atoms with van der Waals surface area (Å²) in [6.07, 6.45) is 2.89. The summed E-state index contributed by atoms with van der Waals surface area (Å²) in [5.41, 5.74) is 0.00161. The predicted octanol–water partition coefficient (Wildman–Crippen LogP) is 2.03. The van der Waals surface area contributed by atoms with Gasteiger partial charge in [-0.2, -0.15) is 0 Å². The van der Waals surface area contributed by atoms with Gasteiger partial charge in [0.1, 0.15) is 5.82 Å². The molecule has 2 aromatic heterocycles. The van der Waals surface area contributed by atoms with Crippen molar-refractivity contribution in [1.29, 1.82) is 0 Å². The van der Waals surface area contributed by atoms with Crippen LogP contribution in [0.3, 0.4) is 0 Å². The molecule has 0 aliphatic heterocycles. The molecule has 0 aliphatic rings. The lowest BCUT2D eigenvalue weighted by molar-refractivity contribution is 0.0697. The summed E-state index contributed by atoms with van der Waals surface area (Å²) in [7, 11) is 0. The molecule has 0 saturated heterocycles. The highest BCUT2D eigenvalue weighted by atomic mass is 35.5. The third kappa shape index (κ3) is 2.54. The number of aromatic nitrogens is 2. The molecule has 2 N–H and O–H groups in total. The minimum Gasteiger partial charge on any atom is -0.478 e. The molecule has 0 fully saturated rings. The Balaban J connectivity index is 2.16. The summed E-state index contributed by atoms with van der Waals surface area (Å²) in [6.45, 7) is 0.329. The summed E-state index contributed by atoms with van der Waals surface area (Å²) in [5.74, 6) is -0.202. The number of carbonyl (C=O) groups is 1. The predicted molar refractivity (Wildman–Crippen MR) is 60.0 cm³/mol. The van der Waals surface area contributed by atoms with Crippen molar-refractivity contribution >= 4 is 23.4 Å². The zero-order chi connectivity index (χ0) is 12.3. The van der Waals surface area contributed by atoms with Gasteiger partial charge < -0.3 is 14.9 Å². The highest BCUT2D eigenvalue weighted by Crippen LogP contribution is 2.23. The second kappa shape index (κ2) is 4.84. The van der Waals surface area contributed by atoms with Gasteiger partial charge in [-0.05, 0) is 6.07 Å².